The van der Waals surface area contributed by atoms with Crippen molar-refractivity contribution in [1.82, 2.24) is 9.97 Å². The molecule has 0 aliphatic heterocycles. The van der Waals surface area contributed by atoms with Gasteiger partial charge in [-0.25, -0.2) is 4.98 Å². The molecule has 0 saturated carbocycles. The van der Waals surface area contributed by atoms with Gasteiger partial charge in [-0.2, -0.15) is 4.98 Å². The van der Waals surface area contributed by atoms with Crippen LogP contribution in [0.2, 0.25) is 0 Å². The Morgan fingerprint density at radius 1 is 1.69 bits per heavy atom. The van der Waals surface area contributed by atoms with Crippen molar-refractivity contribution >= 4 is 17.5 Å². The second-order valence-corrected chi connectivity index (χ2v) is 3.89. The van der Waals surface area contributed by atoms with Crippen molar-refractivity contribution in [1.29, 1.82) is 0 Å². The standard InChI is InChI=1S/C8H13N5O3/c1-8(2,14)4-11-6-5(13(15)16)3-10-7(9)12-6/h3,14H,4H2,1-2H3,(H3,9,10,11,12). The van der Waals surface area contributed by atoms with Crippen LogP contribution in [0.15, 0.2) is 6.20 Å². The molecule has 0 fully saturated rings. The fraction of sp³-hybridized carbons (Fsp3) is 0.500. The van der Waals surface area contributed by atoms with Gasteiger partial charge in [0.2, 0.25) is 11.8 Å². The highest BCUT2D eigenvalue weighted by molar-refractivity contribution is 5.56. The van der Waals surface area contributed by atoms with Gasteiger partial charge >= 0.3 is 5.69 Å². The molecule has 1 aromatic rings. The fourth-order valence-corrected chi connectivity index (χ4v) is 0.953. The number of hydrogen-bond donors (Lipinski definition) is 3. The molecule has 0 bridgehead atoms. The summed E-state index contributed by atoms with van der Waals surface area (Å²) in [6, 6.07) is 0. The van der Waals surface area contributed by atoms with Crippen LogP contribution in [0.5, 0.6) is 0 Å². The Morgan fingerprint density at radius 3 is 2.81 bits per heavy atom. The zero-order valence-electron chi connectivity index (χ0n) is 8.97. The van der Waals surface area contributed by atoms with Crippen LogP contribution in [-0.4, -0.2) is 32.1 Å². The van der Waals surface area contributed by atoms with E-state index in [9.17, 15) is 15.2 Å². The lowest BCUT2D eigenvalue weighted by Crippen LogP contribution is -2.30. The lowest BCUT2D eigenvalue weighted by atomic mass is 10.1. The van der Waals surface area contributed by atoms with Crippen LogP contribution in [0.1, 0.15) is 13.8 Å². The van der Waals surface area contributed by atoms with Crippen LogP contribution >= 0.6 is 0 Å². The van der Waals surface area contributed by atoms with Gasteiger partial charge in [-0.3, -0.25) is 10.1 Å². The minimum absolute atomic E-state index is 0.000347. The third-order valence-corrected chi connectivity index (χ3v) is 1.67. The van der Waals surface area contributed by atoms with Crippen LogP contribution in [0.25, 0.3) is 0 Å². The van der Waals surface area contributed by atoms with E-state index in [2.05, 4.69) is 15.3 Å². The molecular formula is C8H13N5O3. The van der Waals surface area contributed by atoms with Crippen LogP contribution in [-0.2, 0) is 0 Å². The highest BCUT2D eigenvalue weighted by Gasteiger charge is 2.19. The number of nitrogen functional groups attached to an aromatic ring is 1. The summed E-state index contributed by atoms with van der Waals surface area (Å²) >= 11 is 0. The Morgan fingerprint density at radius 2 is 2.31 bits per heavy atom. The van der Waals surface area contributed by atoms with Gasteiger partial charge < -0.3 is 16.2 Å². The van der Waals surface area contributed by atoms with Gasteiger partial charge in [-0.1, -0.05) is 0 Å². The summed E-state index contributed by atoms with van der Waals surface area (Å²) in [5.41, 5.74) is 4.03. The average Bonchev–Trinajstić information content (AvgIpc) is 2.13. The monoisotopic (exact) mass is 227 g/mol. The van der Waals surface area contributed by atoms with Crippen molar-refractivity contribution in [3.63, 3.8) is 0 Å². The van der Waals surface area contributed by atoms with Gasteiger partial charge in [-0.15, -0.1) is 0 Å². The summed E-state index contributed by atoms with van der Waals surface area (Å²) < 4.78 is 0. The van der Waals surface area contributed by atoms with E-state index in [0.29, 0.717) is 0 Å². The van der Waals surface area contributed by atoms with Crippen LogP contribution in [0.3, 0.4) is 0 Å². The van der Waals surface area contributed by atoms with E-state index in [4.69, 9.17) is 5.73 Å². The number of aliphatic hydroxyl groups is 1. The Balaban J connectivity index is 2.93. The first-order valence-electron chi connectivity index (χ1n) is 4.53. The predicted octanol–water partition coefficient (Wildman–Crippen LogP) is 0.150. The number of anilines is 2. The molecule has 0 saturated heterocycles. The van der Waals surface area contributed by atoms with E-state index in [0.717, 1.165) is 6.20 Å². The first-order valence-corrected chi connectivity index (χ1v) is 4.53. The molecule has 0 aliphatic rings. The molecule has 88 valence electrons. The minimum Gasteiger partial charge on any atom is -0.389 e. The van der Waals surface area contributed by atoms with Gasteiger partial charge in [0.15, 0.2) is 0 Å². The maximum atomic E-state index is 10.6. The molecule has 8 heteroatoms. The number of hydrogen-bond acceptors (Lipinski definition) is 7. The first kappa shape index (κ1) is 12.1. The SMILES string of the molecule is CC(C)(O)CNc1nc(N)ncc1[N+](=O)[O-]. The maximum Gasteiger partial charge on any atom is 0.329 e. The Kier molecular flexibility index (Phi) is 3.23. The summed E-state index contributed by atoms with van der Waals surface area (Å²) in [7, 11) is 0. The van der Waals surface area contributed by atoms with Gasteiger partial charge in [-0.05, 0) is 13.8 Å². The van der Waals surface area contributed by atoms with Gasteiger partial charge in [0.1, 0.15) is 6.20 Å². The summed E-state index contributed by atoms with van der Waals surface area (Å²) in [4.78, 5) is 17.2. The molecule has 1 aromatic heterocycles. The Bertz CT molecular complexity index is 401. The molecule has 1 heterocycles. The second-order valence-electron chi connectivity index (χ2n) is 3.89. The number of nitrogens with two attached hydrogens (primary N) is 1. The van der Waals surface area contributed by atoms with Gasteiger partial charge in [0.25, 0.3) is 0 Å². The van der Waals surface area contributed by atoms with Gasteiger partial charge in [0.05, 0.1) is 10.5 Å². The molecule has 0 atom stereocenters. The van der Waals surface area contributed by atoms with Crippen LogP contribution in [0.4, 0.5) is 17.5 Å². The van der Waals surface area contributed by atoms with E-state index >= 15 is 0 Å². The molecule has 4 N–H and O–H groups in total. The number of nitrogens with zero attached hydrogens (tertiary/aromatic N) is 3. The number of rotatable bonds is 4. The van der Waals surface area contributed by atoms with E-state index in [-0.39, 0.29) is 24.0 Å². The maximum absolute atomic E-state index is 10.6. The largest absolute Gasteiger partial charge is 0.389 e. The quantitative estimate of drug-likeness (QED) is 0.493. The van der Waals surface area contributed by atoms with Crippen molar-refractivity contribution in [2.75, 3.05) is 17.6 Å². The smallest absolute Gasteiger partial charge is 0.329 e. The van der Waals surface area contributed by atoms with Crippen LogP contribution in [0, 0.1) is 10.1 Å². The van der Waals surface area contributed by atoms with E-state index in [1.54, 1.807) is 13.8 Å². The summed E-state index contributed by atoms with van der Waals surface area (Å²) in [6.45, 7) is 3.25. The lowest BCUT2D eigenvalue weighted by molar-refractivity contribution is -0.384. The minimum atomic E-state index is -1.01. The molecule has 1 rings (SSSR count). The van der Waals surface area contributed by atoms with E-state index in [1.165, 1.54) is 0 Å². The highest BCUT2D eigenvalue weighted by Crippen LogP contribution is 2.21. The van der Waals surface area contributed by atoms with E-state index < -0.39 is 10.5 Å². The lowest BCUT2D eigenvalue weighted by Gasteiger charge is -2.17. The topological polar surface area (TPSA) is 127 Å². The Hall–Kier alpha value is -1.96. The molecule has 16 heavy (non-hydrogen) atoms. The molecule has 0 amide bonds. The molecule has 0 radical (unpaired) electrons. The summed E-state index contributed by atoms with van der Waals surface area (Å²) in [5.74, 6) is -0.0662. The van der Waals surface area contributed by atoms with Crippen LogP contribution < -0.4 is 11.1 Å². The molecule has 8 nitrogen and oxygen atoms in total. The molecule has 0 spiro atoms. The summed E-state index contributed by atoms with van der Waals surface area (Å²) in [5, 5.41) is 22.8. The third kappa shape index (κ3) is 3.31. The van der Waals surface area contributed by atoms with Crippen molar-refractivity contribution in [2.24, 2.45) is 0 Å². The normalized spacial score (nSPS) is 11.2. The van der Waals surface area contributed by atoms with Gasteiger partial charge in [0, 0.05) is 6.54 Å². The molecule has 0 aromatic carbocycles. The molecule has 0 unspecified atom stereocenters. The highest BCUT2D eigenvalue weighted by atomic mass is 16.6. The zero-order valence-corrected chi connectivity index (χ0v) is 8.97. The number of aromatic nitrogens is 2. The Labute approximate surface area is 91.7 Å². The number of nitrogens with one attached hydrogen (secondary N) is 1. The second kappa shape index (κ2) is 4.27. The first-order chi connectivity index (χ1) is 7.29. The number of nitro groups is 1. The van der Waals surface area contributed by atoms with Crippen molar-refractivity contribution < 1.29 is 10.0 Å². The summed E-state index contributed by atoms with van der Waals surface area (Å²) in [6.07, 6.45) is 1.02. The van der Waals surface area contributed by atoms with Crippen molar-refractivity contribution in [3.8, 4) is 0 Å². The van der Waals surface area contributed by atoms with Crippen molar-refractivity contribution in [3.05, 3.63) is 16.3 Å². The third-order valence-electron chi connectivity index (χ3n) is 1.67. The molecule has 0 aliphatic carbocycles. The van der Waals surface area contributed by atoms with Crippen molar-refractivity contribution in [2.45, 2.75) is 19.4 Å². The van der Waals surface area contributed by atoms with E-state index in [1.807, 2.05) is 0 Å². The average molecular weight is 227 g/mol. The molecular weight excluding hydrogens is 214 g/mol. The fourth-order valence-electron chi connectivity index (χ4n) is 0.953. The predicted molar refractivity (Wildman–Crippen MR) is 57.9 cm³/mol. The zero-order chi connectivity index (χ0) is 12.3.